The number of hydrogen-bond acceptors (Lipinski definition) is 4. The van der Waals surface area contributed by atoms with Gasteiger partial charge in [0.15, 0.2) is 6.29 Å². The molecule has 0 bridgehead atoms. The Morgan fingerprint density at radius 1 is 1.21 bits per heavy atom. The summed E-state index contributed by atoms with van der Waals surface area (Å²) in [5.41, 5.74) is 0.419. The lowest BCUT2D eigenvalue weighted by Crippen LogP contribution is -2.30. The van der Waals surface area contributed by atoms with Gasteiger partial charge in [0, 0.05) is 0 Å². The molecule has 1 aromatic rings. The fraction of sp³-hybridized carbons (Fsp3) is 0.571. The van der Waals surface area contributed by atoms with E-state index in [4.69, 9.17) is 19.5 Å². The molecule has 0 saturated heterocycles. The van der Waals surface area contributed by atoms with Crippen molar-refractivity contribution in [3.63, 3.8) is 0 Å². The van der Waals surface area contributed by atoms with Crippen molar-refractivity contribution in [2.24, 2.45) is 0 Å². The van der Waals surface area contributed by atoms with Gasteiger partial charge in [-0.3, -0.25) is 0 Å². The third-order valence-corrected chi connectivity index (χ3v) is 3.39. The summed E-state index contributed by atoms with van der Waals surface area (Å²) in [6.45, 7) is 1.87. The molecular weight excluding hydrogens is 243 g/mol. The van der Waals surface area contributed by atoms with Gasteiger partial charge in [-0.05, 0) is 37.4 Å². The van der Waals surface area contributed by atoms with Crippen LogP contribution in [0.4, 0.5) is 0 Å². The summed E-state index contributed by atoms with van der Waals surface area (Å²) in [4.78, 5) is 0. The molecule has 0 amide bonds. The summed E-state index contributed by atoms with van der Waals surface area (Å²) in [5, 5.41) is 18.2. The second-order valence-corrected chi connectivity index (χ2v) is 5.03. The van der Waals surface area contributed by atoms with Crippen LogP contribution >= 0.6 is 0 Å². The molecule has 0 radical (unpaired) electrons. The molecule has 2 N–H and O–H groups in total. The molecule has 1 saturated carbocycles. The van der Waals surface area contributed by atoms with E-state index in [1.54, 1.807) is 24.3 Å². The Morgan fingerprint density at radius 2 is 1.95 bits per heavy atom. The van der Waals surface area contributed by atoms with Gasteiger partial charge in [-0.2, -0.15) is 0 Å². The fourth-order valence-electron chi connectivity index (χ4n) is 2.44. The molecule has 1 aliphatic carbocycles. The second-order valence-electron chi connectivity index (χ2n) is 5.03. The zero-order valence-corrected chi connectivity index (χ0v) is 11.3. The lowest BCUT2D eigenvalue weighted by Gasteiger charge is -2.26. The summed E-state index contributed by atoms with van der Waals surface area (Å²) in [6, 6.07) is 6.78. The first-order valence-electron chi connectivity index (χ1n) is 6.93. The highest BCUT2D eigenvalue weighted by atomic mass is 16.7. The van der Waals surface area contributed by atoms with Crippen LogP contribution in [0.3, 0.4) is 0 Å². The molecule has 4 nitrogen and oxygen atoms in total. The predicted molar refractivity (Wildman–Crippen MR) is 74.3 cm³/mol. The average Bonchev–Trinajstić information content (AvgIpc) is 2.40. The minimum atomic E-state index is -1.47. The fourth-order valence-corrected chi connectivity index (χ4v) is 2.44. The maximum Gasteiger partial charge on any atom is 0.488 e. The van der Waals surface area contributed by atoms with Crippen LogP contribution < -0.4 is 10.2 Å². The van der Waals surface area contributed by atoms with Crippen molar-refractivity contribution in [2.75, 3.05) is 0 Å². The molecule has 1 aromatic carbocycles. The summed E-state index contributed by atoms with van der Waals surface area (Å²) >= 11 is 0. The average molecular weight is 264 g/mol. The zero-order valence-electron chi connectivity index (χ0n) is 11.3. The summed E-state index contributed by atoms with van der Waals surface area (Å²) in [7, 11) is -1.47. The first-order chi connectivity index (χ1) is 9.15. The van der Waals surface area contributed by atoms with Crippen LogP contribution in [0.15, 0.2) is 24.3 Å². The van der Waals surface area contributed by atoms with Gasteiger partial charge >= 0.3 is 7.12 Å². The molecule has 104 valence electrons. The number of hydrogen-bond donors (Lipinski definition) is 2. The topological polar surface area (TPSA) is 58.9 Å². The van der Waals surface area contributed by atoms with E-state index in [0.29, 0.717) is 11.2 Å². The van der Waals surface area contributed by atoms with Crippen LogP contribution in [0.25, 0.3) is 0 Å². The van der Waals surface area contributed by atoms with E-state index in [2.05, 4.69) is 0 Å². The molecule has 1 fully saturated rings. The first kappa shape index (κ1) is 14.4. The van der Waals surface area contributed by atoms with Gasteiger partial charge in [0.2, 0.25) is 0 Å². The van der Waals surface area contributed by atoms with Crippen molar-refractivity contribution in [1.29, 1.82) is 0 Å². The van der Waals surface area contributed by atoms with E-state index in [1.165, 1.54) is 19.3 Å². The van der Waals surface area contributed by atoms with Crippen LogP contribution in [0.5, 0.6) is 5.75 Å². The highest BCUT2D eigenvalue weighted by Crippen LogP contribution is 2.22. The molecular formula is C14H21BO4. The van der Waals surface area contributed by atoms with Gasteiger partial charge in [0.05, 0.1) is 6.10 Å². The van der Waals surface area contributed by atoms with Crippen LogP contribution in [0.2, 0.25) is 0 Å². The van der Waals surface area contributed by atoms with Crippen molar-refractivity contribution >= 4 is 12.6 Å². The maximum absolute atomic E-state index is 9.11. The summed E-state index contributed by atoms with van der Waals surface area (Å²) < 4.78 is 11.5. The van der Waals surface area contributed by atoms with Gasteiger partial charge in [-0.1, -0.05) is 31.4 Å². The number of rotatable bonds is 5. The van der Waals surface area contributed by atoms with Gasteiger partial charge in [-0.25, -0.2) is 0 Å². The highest BCUT2D eigenvalue weighted by molar-refractivity contribution is 6.58. The van der Waals surface area contributed by atoms with E-state index in [-0.39, 0.29) is 12.4 Å². The van der Waals surface area contributed by atoms with Crippen LogP contribution in [0.1, 0.15) is 39.0 Å². The van der Waals surface area contributed by atoms with Gasteiger partial charge in [-0.15, -0.1) is 0 Å². The molecule has 19 heavy (non-hydrogen) atoms. The van der Waals surface area contributed by atoms with E-state index in [0.717, 1.165) is 12.8 Å². The monoisotopic (exact) mass is 264 g/mol. The van der Waals surface area contributed by atoms with Crippen molar-refractivity contribution in [2.45, 2.75) is 51.4 Å². The normalized spacial score (nSPS) is 18.1. The Bertz CT molecular complexity index is 391. The lowest BCUT2D eigenvalue weighted by atomic mass is 9.80. The Labute approximate surface area is 114 Å². The highest BCUT2D eigenvalue weighted by Gasteiger charge is 2.18. The zero-order chi connectivity index (χ0) is 13.7. The summed E-state index contributed by atoms with van der Waals surface area (Å²) in [6.07, 6.45) is 5.91. The molecule has 0 aliphatic heterocycles. The Balaban J connectivity index is 1.87. The van der Waals surface area contributed by atoms with Crippen molar-refractivity contribution < 1.29 is 19.5 Å². The minimum Gasteiger partial charge on any atom is -0.465 e. The van der Waals surface area contributed by atoms with Gasteiger partial charge in [0.1, 0.15) is 5.75 Å². The van der Waals surface area contributed by atoms with Crippen molar-refractivity contribution in [3.05, 3.63) is 24.3 Å². The molecule has 0 aromatic heterocycles. The van der Waals surface area contributed by atoms with Crippen LogP contribution in [-0.2, 0) is 4.74 Å². The van der Waals surface area contributed by atoms with E-state index in [1.807, 2.05) is 6.92 Å². The SMILES string of the molecule is CC(Oc1cccc(B(O)O)c1)OC1CCCCC1. The third kappa shape index (κ3) is 4.53. The lowest BCUT2D eigenvalue weighted by molar-refractivity contribution is -0.116. The Hall–Kier alpha value is -1.04. The largest absolute Gasteiger partial charge is 0.488 e. The smallest absolute Gasteiger partial charge is 0.465 e. The molecule has 0 heterocycles. The molecule has 1 atom stereocenters. The molecule has 5 heteroatoms. The first-order valence-corrected chi connectivity index (χ1v) is 6.93. The summed E-state index contributed by atoms with van der Waals surface area (Å²) in [5.74, 6) is 0.592. The maximum atomic E-state index is 9.11. The molecule has 1 aliphatic rings. The minimum absolute atomic E-state index is 0.287. The molecule has 2 rings (SSSR count). The third-order valence-electron chi connectivity index (χ3n) is 3.39. The van der Waals surface area contributed by atoms with Crippen LogP contribution in [-0.4, -0.2) is 29.6 Å². The van der Waals surface area contributed by atoms with Crippen LogP contribution in [0, 0.1) is 0 Å². The number of ether oxygens (including phenoxy) is 2. The quantitative estimate of drug-likeness (QED) is 0.624. The standard InChI is InChI=1S/C14H21BO4/c1-11(18-13-7-3-2-4-8-13)19-14-9-5-6-12(10-14)15(16)17/h5-6,9-11,13,16-17H,2-4,7-8H2,1H3. The van der Waals surface area contributed by atoms with Crippen molar-refractivity contribution in [3.8, 4) is 5.75 Å². The number of benzene rings is 1. The molecule has 1 unspecified atom stereocenters. The van der Waals surface area contributed by atoms with Gasteiger partial charge < -0.3 is 19.5 Å². The second kappa shape index (κ2) is 6.94. The Morgan fingerprint density at radius 3 is 2.63 bits per heavy atom. The van der Waals surface area contributed by atoms with E-state index >= 15 is 0 Å². The van der Waals surface area contributed by atoms with Crippen molar-refractivity contribution in [1.82, 2.24) is 0 Å². The predicted octanol–water partition coefficient (Wildman–Crippen LogP) is 1.44. The molecule has 0 spiro atoms. The van der Waals surface area contributed by atoms with E-state index in [9.17, 15) is 0 Å². The Kier molecular flexibility index (Phi) is 5.25. The van der Waals surface area contributed by atoms with E-state index < -0.39 is 7.12 Å². The van der Waals surface area contributed by atoms with Gasteiger partial charge in [0.25, 0.3) is 0 Å².